The summed E-state index contributed by atoms with van der Waals surface area (Å²) in [4.78, 5) is 0. The van der Waals surface area contributed by atoms with Crippen molar-refractivity contribution in [2.45, 2.75) is 19.3 Å². The van der Waals surface area contributed by atoms with E-state index >= 15 is 0 Å². The number of aliphatic hydroxyl groups is 1. The van der Waals surface area contributed by atoms with Gasteiger partial charge in [-0.3, -0.25) is 0 Å². The van der Waals surface area contributed by atoms with Gasteiger partial charge < -0.3 is 9.84 Å². The molecule has 1 rings (SSSR count). The summed E-state index contributed by atoms with van der Waals surface area (Å²) in [5.41, 5.74) is 0. The van der Waals surface area contributed by atoms with Gasteiger partial charge in [-0.05, 0) is 25.2 Å². The van der Waals surface area contributed by atoms with E-state index in [0.717, 1.165) is 25.6 Å². The van der Waals surface area contributed by atoms with Crippen molar-refractivity contribution in [2.75, 3.05) is 19.8 Å². The predicted molar refractivity (Wildman–Crippen MR) is 44.4 cm³/mol. The molecule has 0 aliphatic carbocycles. The van der Waals surface area contributed by atoms with Crippen molar-refractivity contribution in [3.63, 3.8) is 0 Å². The summed E-state index contributed by atoms with van der Waals surface area (Å²) in [6, 6.07) is 0. The third-order valence-electron chi connectivity index (χ3n) is 2.08. The van der Waals surface area contributed by atoms with Crippen molar-refractivity contribution in [3.05, 3.63) is 12.2 Å². The molecular formula is C9H16O2. The molecule has 1 heterocycles. The highest BCUT2D eigenvalue weighted by Crippen LogP contribution is 2.18. The van der Waals surface area contributed by atoms with Crippen LogP contribution < -0.4 is 0 Å². The fourth-order valence-electron chi connectivity index (χ4n) is 1.35. The van der Waals surface area contributed by atoms with Crippen LogP contribution in [0.5, 0.6) is 0 Å². The first-order valence-corrected chi connectivity index (χ1v) is 4.27. The van der Waals surface area contributed by atoms with Crippen LogP contribution in [0.3, 0.4) is 0 Å². The monoisotopic (exact) mass is 156 g/mol. The number of ether oxygens (including phenoxy) is 1. The molecular weight excluding hydrogens is 140 g/mol. The molecule has 11 heavy (non-hydrogen) atoms. The lowest BCUT2D eigenvalue weighted by atomic mass is 9.96. The lowest BCUT2D eigenvalue weighted by Gasteiger charge is -2.20. The van der Waals surface area contributed by atoms with E-state index in [0.29, 0.717) is 0 Å². The van der Waals surface area contributed by atoms with Crippen LogP contribution >= 0.6 is 0 Å². The summed E-state index contributed by atoms with van der Waals surface area (Å²) in [5.74, 6) is 0.784. The Morgan fingerprint density at radius 2 is 2.00 bits per heavy atom. The van der Waals surface area contributed by atoms with E-state index in [4.69, 9.17) is 9.84 Å². The van der Waals surface area contributed by atoms with Crippen LogP contribution in [0.2, 0.25) is 0 Å². The maximum Gasteiger partial charge on any atom is 0.0612 e. The van der Waals surface area contributed by atoms with Crippen LogP contribution in [-0.4, -0.2) is 24.9 Å². The van der Waals surface area contributed by atoms with E-state index < -0.39 is 0 Å². The summed E-state index contributed by atoms with van der Waals surface area (Å²) in [5, 5.41) is 8.48. The third kappa shape index (κ3) is 3.54. The van der Waals surface area contributed by atoms with E-state index in [1.165, 1.54) is 12.8 Å². The highest BCUT2D eigenvalue weighted by molar-refractivity contribution is 4.83. The lowest BCUT2D eigenvalue weighted by Crippen LogP contribution is -2.14. The molecule has 2 heteroatoms. The molecule has 0 aromatic carbocycles. The number of hydrogen-bond donors (Lipinski definition) is 1. The molecule has 0 spiro atoms. The minimum Gasteiger partial charge on any atom is -0.392 e. The molecule has 0 aromatic heterocycles. The Bertz CT molecular complexity index is 115. The van der Waals surface area contributed by atoms with Crippen molar-refractivity contribution < 1.29 is 9.84 Å². The molecule has 0 unspecified atom stereocenters. The second-order valence-corrected chi connectivity index (χ2v) is 2.95. The molecule has 64 valence electrons. The van der Waals surface area contributed by atoms with Gasteiger partial charge in [0.25, 0.3) is 0 Å². The summed E-state index contributed by atoms with van der Waals surface area (Å²) < 4.78 is 5.23. The van der Waals surface area contributed by atoms with Crippen LogP contribution in [0.15, 0.2) is 12.2 Å². The van der Waals surface area contributed by atoms with E-state index in [-0.39, 0.29) is 6.61 Å². The maximum absolute atomic E-state index is 8.48. The first-order chi connectivity index (χ1) is 5.43. The van der Waals surface area contributed by atoms with E-state index in [9.17, 15) is 0 Å². The quantitative estimate of drug-likeness (QED) is 0.625. The fraction of sp³-hybridized carbons (Fsp3) is 0.778. The number of allylic oxidation sites excluding steroid dienone is 1. The average molecular weight is 156 g/mol. The molecule has 0 radical (unpaired) electrons. The molecule has 0 saturated carbocycles. The Labute approximate surface area is 67.9 Å². The zero-order chi connectivity index (χ0) is 7.94. The van der Waals surface area contributed by atoms with Gasteiger partial charge in [-0.1, -0.05) is 12.2 Å². The molecule has 0 bridgehead atoms. The van der Waals surface area contributed by atoms with Gasteiger partial charge in [-0.2, -0.15) is 0 Å². The van der Waals surface area contributed by atoms with E-state index in [1.54, 1.807) is 0 Å². The van der Waals surface area contributed by atoms with Gasteiger partial charge in [-0.25, -0.2) is 0 Å². The molecule has 0 amide bonds. The average Bonchev–Trinajstić information content (AvgIpc) is 2.07. The second kappa shape index (κ2) is 5.33. The zero-order valence-electron chi connectivity index (χ0n) is 6.83. The number of rotatable bonds is 3. The van der Waals surface area contributed by atoms with Gasteiger partial charge in [0.2, 0.25) is 0 Å². The third-order valence-corrected chi connectivity index (χ3v) is 2.08. The molecule has 0 aromatic rings. The van der Waals surface area contributed by atoms with Crippen LogP contribution in [-0.2, 0) is 4.74 Å². The van der Waals surface area contributed by atoms with E-state index in [1.807, 2.05) is 6.08 Å². The normalized spacial score (nSPS) is 21.2. The summed E-state index contributed by atoms with van der Waals surface area (Å²) in [7, 11) is 0. The second-order valence-electron chi connectivity index (χ2n) is 2.95. The SMILES string of the molecule is OC/C=C\CC1CCOCC1. The van der Waals surface area contributed by atoms with Crippen LogP contribution in [0.25, 0.3) is 0 Å². The summed E-state index contributed by atoms with van der Waals surface area (Å²) in [6.07, 6.45) is 7.33. The minimum atomic E-state index is 0.170. The van der Waals surface area contributed by atoms with Gasteiger partial charge in [0, 0.05) is 13.2 Å². The largest absolute Gasteiger partial charge is 0.392 e. The molecule has 0 atom stereocenters. The Kier molecular flexibility index (Phi) is 4.24. The highest BCUT2D eigenvalue weighted by atomic mass is 16.5. The molecule has 1 saturated heterocycles. The number of aliphatic hydroxyl groups excluding tert-OH is 1. The standard InChI is InChI=1S/C9H16O2/c10-6-2-1-3-9-4-7-11-8-5-9/h1-2,9-10H,3-8H2/b2-1-. The van der Waals surface area contributed by atoms with Crippen molar-refractivity contribution in [1.82, 2.24) is 0 Å². The summed E-state index contributed by atoms with van der Waals surface area (Å²) >= 11 is 0. The smallest absolute Gasteiger partial charge is 0.0612 e. The van der Waals surface area contributed by atoms with E-state index in [2.05, 4.69) is 6.08 Å². The van der Waals surface area contributed by atoms with Gasteiger partial charge in [0.1, 0.15) is 0 Å². The zero-order valence-corrected chi connectivity index (χ0v) is 6.83. The first-order valence-electron chi connectivity index (χ1n) is 4.27. The minimum absolute atomic E-state index is 0.170. The van der Waals surface area contributed by atoms with Crippen LogP contribution in [0.4, 0.5) is 0 Å². The Hall–Kier alpha value is -0.340. The summed E-state index contributed by atoms with van der Waals surface area (Å²) in [6.45, 7) is 2.00. The molecule has 1 aliphatic heterocycles. The van der Waals surface area contributed by atoms with Gasteiger partial charge in [-0.15, -0.1) is 0 Å². The first kappa shape index (κ1) is 8.75. The van der Waals surface area contributed by atoms with Gasteiger partial charge in [0.05, 0.1) is 6.61 Å². The topological polar surface area (TPSA) is 29.5 Å². The van der Waals surface area contributed by atoms with Crippen LogP contribution in [0.1, 0.15) is 19.3 Å². The Balaban J connectivity index is 2.09. The van der Waals surface area contributed by atoms with Crippen LogP contribution in [0, 0.1) is 5.92 Å². The molecule has 2 nitrogen and oxygen atoms in total. The molecule has 1 aliphatic rings. The Morgan fingerprint density at radius 1 is 1.27 bits per heavy atom. The number of hydrogen-bond acceptors (Lipinski definition) is 2. The Morgan fingerprint density at radius 3 is 2.64 bits per heavy atom. The molecule has 1 fully saturated rings. The van der Waals surface area contributed by atoms with Crippen molar-refractivity contribution in [2.24, 2.45) is 5.92 Å². The maximum atomic E-state index is 8.48. The molecule has 1 N–H and O–H groups in total. The highest BCUT2D eigenvalue weighted by Gasteiger charge is 2.11. The lowest BCUT2D eigenvalue weighted by molar-refractivity contribution is 0.0672. The predicted octanol–water partition coefficient (Wildman–Crippen LogP) is 1.35. The fourth-order valence-corrected chi connectivity index (χ4v) is 1.35. The van der Waals surface area contributed by atoms with Gasteiger partial charge in [0.15, 0.2) is 0 Å². The van der Waals surface area contributed by atoms with Crippen molar-refractivity contribution >= 4 is 0 Å². The van der Waals surface area contributed by atoms with Crippen molar-refractivity contribution in [1.29, 1.82) is 0 Å². The van der Waals surface area contributed by atoms with Gasteiger partial charge >= 0.3 is 0 Å². The van der Waals surface area contributed by atoms with Crippen molar-refractivity contribution in [3.8, 4) is 0 Å².